The van der Waals surface area contributed by atoms with Crippen molar-refractivity contribution in [3.63, 3.8) is 0 Å². The van der Waals surface area contributed by atoms with Crippen molar-refractivity contribution in [1.29, 1.82) is 0 Å². The second-order valence-electron chi connectivity index (χ2n) is 3.04. The summed E-state index contributed by atoms with van der Waals surface area (Å²) in [6.07, 6.45) is 0. The Balaban J connectivity index is 3.41. The Morgan fingerprint density at radius 3 is 2.38 bits per heavy atom. The van der Waals surface area contributed by atoms with Gasteiger partial charge in [-0.3, -0.25) is 20.2 Å². The van der Waals surface area contributed by atoms with Gasteiger partial charge in [-0.15, -0.1) is 0 Å². The van der Waals surface area contributed by atoms with E-state index in [1.807, 2.05) is 0 Å². The van der Waals surface area contributed by atoms with Crippen LogP contribution in [0.3, 0.4) is 0 Å². The number of rotatable bonds is 3. The van der Waals surface area contributed by atoms with Crippen molar-refractivity contribution in [2.24, 2.45) is 0 Å². The summed E-state index contributed by atoms with van der Waals surface area (Å²) in [6, 6.07) is 0.165. The van der Waals surface area contributed by atoms with Gasteiger partial charge < -0.3 is 0 Å². The van der Waals surface area contributed by atoms with Crippen LogP contribution < -0.4 is 0 Å². The second-order valence-corrected chi connectivity index (χ2v) is 3.45. The third-order valence-electron chi connectivity index (χ3n) is 2.03. The highest BCUT2D eigenvalue weighted by Gasteiger charge is 2.28. The van der Waals surface area contributed by atoms with Gasteiger partial charge in [0, 0.05) is 11.8 Å². The van der Waals surface area contributed by atoms with E-state index in [0.717, 1.165) is 13.0 Å². The first-order valence-corrected chi connectivity index (χ1v) is 4.49. The minimum atomic E-state index is -1.32. The molecule has 0 N–H and O–H groups in total. The van der Waals surface area contributed by atoms with E-state index >= 15 is 0 Å². The highest BCUT2D eigenvalue weighted by molar-refractivity contribution is 6.30. The van der Waals surface area contributed by atoms with Crippen molar-refractivity contribution >= 4 is 17.3 Å². The monoisotopic (exact) mass is 248 g/mol. The zero-order chi connectivity index (χ0) is 12.5. The van der Waals surface area contributed by atoms with Crippen LogP contribution >= 0.6 is 11.6 Å². The molecule has 1 atom stereocenters. The van der Waals surface area contributed by atoms with Gasteiger partial charge in [0.15, 0.2) is 0 Å². The summed E-state index contributed by atoms with van der Waals surface area (Å²) in [4.78, 5) is 19.5. The standard InChI is InChI=1S/C8H6ClFN2O4/c1-4(11(13)14)5-2-6(9)7(10)3-8(5)12(15)16/h2-4H,1H3. The van der Waals surface area contributed by atoms with Gasteiger partial charge in [-0.25, -0.2) is 4.39 Å². The summed E-state index contributed by atoms with van der Waals surface area (Å²) in [5.74, 6) is -0.979. The normalized spacial score (nSPS) is 12.2. The molecule has 86 valence electrons. The summed E-state index contributed by atoms with van der Waals surface area (Å²) in [6.45, 7) is 1.16. The van der Waals surface area contributed by atoms with Gasteiger partial charge in [-0.2, -0.15) is 0 Å². The Morgan fingerprint density at radius 2 is 1.94 bits per heavy atom. The fraction of sp³-hybridized carbons (Fsp3) is 0.250. The van der Waals surface area contributed by atoms with Crippen molar-refractivity contribution < 1.29 is 14.2 Å². The molecule has 1 unspecified atom stereocenters. The molecule has 0 aliphatic carbocycles. The predicted molar refractivity (Wildman–Crippen MR) is 53.5 cm³/mol. The summed E-state index contributed by atoms with van der Waals surface area (Å²) >= 11 is 5.42. The second kappa shape index (κ2) is 4.40. The molecule has 6 nitrogen and oxygen atoms in total. The number of halogens is 2. The zero-order valence-electron chi connectivity index (χ0n) is 8.02. The van der Waals surface area contributed by atoms with Gasteiger partial charge in [0.25, 0.3) is 5.69 Å². The first kappa shape index (κ1) is 12.3. The summed E-state index contributed by atoms with van der Waals surface area (Å²) in [5, 5.41) is 20.7. The molecule has 0 aliphatic heterocycles. The number of nitrogens with zero attached hydrogens (tertiary/aromatic N) is 2. The average molecular weight is 249 g/mol. The van der Waals surface area contributed by atoms with Crippen LogP contribution in [0.1, 0.15) is 18.5 Å². The topological polar surface area (TPSA) is 86.3 Å². The number of hydrogen-bond donors (Lipinski definition) is 0. The number of benzene rings is 1. The number of hydrogen-bond acceptors (Lipinski definition) is 4. The van der Waals surface area contributed by atoms with Crippen LogP contribution in [-0.4, -0.2) is 9.85 Å². The quantitative estimate of drug-likeness (QED) is 0.608. The molecule has 0 saturated heterocycles. The summed E-state index contributed by atoms with van der Waals surface area (Å²) < 4.78 is 13.0. The Kier molecular flexibility index (Phi) is 3.38. The van der Waals surface area contributed by atoms with E-state index in [2.05, 4.69) is 0 Å². The molecule has 0 aliphatic rings. The SMILES string of the molecule is CC(c1cc(Cl)c(F)cc1[N+](=O)[O-])[N+](=O)[O-]. The molecule has 16 heavy (non-hydrogen) atoms. The Labute approximate surface area is 93.9 Å². The molecule has 0 amide bonds. The summed E-state index contributed by atoms with van der Waals surface area (Å²) in [5.41, 5.74) is -0.868. The van der Waals surface area contributed by atoms with Gasteiger partial charge in [0.2, 0.25) is 6.04 Å². The third-order valence-corrected chi connectivity index (χ3v) is 2.32. The van der Waals surface area contributed by atoms with Crippen LogP contribution in [0.2, 0.25) is 5.02 Å². The molecule has 0 radical (unpaired) electrons. The van der Waals surface area contributed by atoms with E-state index in [-0.39, 0.29) is 10.6 Å². The maximum absolute atomic E-state index is 13.0. The van der Waals surface area contributed by atoms with E-state index in [1.54, 1.807) is 0 Å². The van der Waals surface area contributed by atoms with Crippen LogP contribution in [0, 0.1) is 26.0 Å². The lowest BCUT2D eigenvalue weighted by Gasteiger charge is -2.06. The molecule has 1 rings (SSSR count). The highest BCUT2D eigenvalue weighted by Crippen LogP contribution is 2.31. The van der Waals surface area contributed by atoms with Crippen LogP contribution in [-0.2, 0) is 0 Å². The smallest absolute Gasteiger partial charge is 0.264 e. The lowest BCUT2D eigenvalue weighted by molar-refractivity contribution is -0.525. The molecule has 0 saturated carbocycles. The van der Waals surface area contributed by atoms with Gasteiger partial charge in [0.05, 0.1) is 16.0 Å². The van der Waals surface area contributed by atoms with E-state index in [4.69, 9.17) is 11.6 Å². The first-order chi connectivity index (χ1) is 7.34. The van der Waals surface area contributed by atoms with Crippen LogP contribution in [0.5, 0.6) is 0 Å². The van der Waals surface area contributed by atoms with Crippen LogP contribution in [0.25, 0.3) is 0 Å². The van der Waals surface area contributed by atoms with Crippen molar-refractivity contribution in [2.45, 2.75) is 13.0 Å². The molecule has 8 heteroatoms. The van der Waals surface area contributed by atoms with E-state index in [9.17, 15) is 24.6 Å². The molecular weight excluding hydrogens is 243 g/mol. The van der Waals surface area contributed by atoms with E-state index in [1.165, 1.54) is 0 Å². The molecule has 0 aromatic heterocycles. The lowest BCUT2D eigenvalue weighted by atomic mass is 10.1. The maximum atomic E-state index is 13.0. The zero-order valence-corrected chi connectivity index (χ0v) is 8.77. The fourth-order valence-electron chi connectivity index (χ4n) is 1.16. The Hall–Kier alpha value is -1.76. The largest absolute Gasteiger partial charge is 0.282 e. The Morgan fingerprint density at radius 1 is 1.38 bits per heavy atom. The first-order valence-electron chi connectivity index (χ1n) is 4.11. The Bertz CT molecular complexity index is 466. The average Bonchev–Trinajstić information content (AvgIpc) is 2.19. The van der Waals surface area contributed by atoms with Gasteiger partial charge in [-0.1, -0.05) is 11.6 Å². The predicted octanol–water partition coefficient (Wildman–Crippen LogP) is 2.73. The molecule has 0 heterocycles. The van der Waals surface area contributed by atoms with Crippen molar-refractivity contribution in [1.82, 2.24) is 0 Å². The van der Waals surface area contributed by atoms with E-state index in [0.29, 0.717) is 6.07 Å². The summed E-state index contributed by atoms with van der Waals surface area (Å²) in [7, 11) is 0. The molecule has 0 spiro atoms. The fourth-order valence-corrected chi connectivity index (χ4v) is 1.33. The van der Waals surface area contributed by atoms with E-state index < -0.39 is 27.4 Å². The van der Waals surface area contributed by atoms with Crippen molar-refractivity contribution in [3.8, 4) is 0 Å². The van der Waals surface area contributed by atoms with Crippen molar-refractivity contribution in [3.05, 3.63) is 48.8 Å². The van der Waals surface area contributed by atoms with Crippen LogP contribution in [0.15, 0.2) is 12.1 Å². The van der Waals surface area contributed by atoms with Crippen LogP contribution in [0.4, 0.5) is 10.1 Å². The minimum absolute atomic E-state index is 0.221. The van der Waals surface area contributed by atoms with Gasteiger partial charge >= 0.3 is 0 Å². The third kappa shape index (κ3) is 2.25. The van der Waals surface area contributed by atoms with Crippen molar-refractivity contribution in [2.75, 3.05) is 0 Å². The van der Waals surface area contributed by atoms with Gasteiger partial charge in [-0.05, 0) is 6.07 Å². The number of nitro groups is 2. The maximum Gasteiger partial charge on any atom is 0.282 e. The molecular formula is C8H6ClFN2O4. The molecule has 1 aromatic rings. The molecule has 0 bridgehead atoms. The van der Waals surface area contributed by atoms with Gasteiger partial charge in [0.1, 0.15) is 11.4 Å². The minimum Gasteiger partial charge on any atom is -0.264 e. The highest BCUT2D eigenvalue weighted by atomic mass is 35.5. The molecule has 1 aromatic carbocycles. The molecule has 0 fully saturated rings. The lowest BCUT2D eigenvalue weighted by Crippen LogP contribution is -2.09. The number of nitro benzene ring substituents is 1.